The Balaban J connectivity index is 2.50. The number of nitro benzene ring substituents is 1. The molecule has 1 aromatic carbocycles. The summed E-state index contributed by atoms with van der Waals surface area (Å²) in [4.78, 5) is 10.2. The minimum absolute atomic E-state index is 0.0145. The summed E-state index contributed by atoms with van der Waals surface area (Å²) in [6.45, 7) is -0.317. The molecular formula is C11H12F3NO4. The van der Waals surface area contributed by atoms with E-state index in [4.69, 9.17) is 4.74 Å². The summed E-state index contributed by atoms with van der Waals surface area (Å²) in [7, 11) is 0. The first-order chi connectivity index (χ1) is 8.81. The maximum absolute atomic E-state index is 11.8. The zero-order valence-corrected chi connectivity index (χ0v) is 10.1. The zero-order chi connectivity index (χ0) is 14.5. The van der Waals surface area contributed by atoms with Crippen molar-refractivity contribution in [2.45, 2.75) is 13.1 Å². The van der Waals surface area contributed by atoms with Crippen molar-refractivity contribution in [2.75, 3.05) is 19.8 Å². The second kappa shape index (κ2) is 6.37. The molecule has 0 spiro atoms. The molecule has 0 bridgehead atoms. The summed E-state index contributed by atoms with van der Waals surface area (Å²) in [5.41, 5.74) is 0.219. The third-order valence-corrected chi connectivity index (χ3v) is 2.13. The molecule has 0 saturated carbocycles. The van der Waals surface area contributed by atoms with Gasteiger partial charge in [-0.05, 0) is 13.0 Å². The van der Waals surface area contributed by atoms with Crippen molar-refractivity contribution in [3.63, 3.8) is 0 Å². The Hall–Kier alpha value is -1.83. The van der Waals surface area contributed by atoms with Crippen molar-refractivity contribution < 1.29 is 27.6 Å². The molecule has 8 heteroatoms. The number of benzene rings is 1. The molecule has 0 aliphatic carbocycles. The van der Waals surface area contributed by atoms with E-state index in [2.05, 4.69) is 4.74 Å². The molecule has 19 heavy (non-hydrogen) atoms. The van der Waals surface area contributed by atoms with Crippen molar-refractivity contribution in [3.05, 3.63) is 33.9 Å². The van der Waals surface area contributed by atoms with Gasteiger partial charge in [0.05, 0.1) is 11.5 Å². The van der Waals surface area contributed by atoms with Gasteiger partial charge < -0.3 is 9.47 Å². The Kier molecular flexibility index (Phi) is 5.11. The maximum atomic E-state index is 11.8. The minimum atomic E-state index is -4.39. The first-order valence-electron chi connectivity index (χ1n) is 5.32. The number of alkyl halides is 3. The van der Waals surface area contributed by atoms with Crippen LogP contribution < -0.4 is 4.74 Å². The molecule has 0 unspecified atom stereocenters. The van der Waals surface area contributed by atoms with Gasteiger partial charge in [-0.1, -0.05) is 12.1 Å². The molecule has 0 radical (unpaired) electrons. The standard InChI is InChI=1S/C11H12F3NO4/c1-8-3-2-4-9(10(8)15(16)17)19-6-5-18-7-11(12,13)14/h2-4H,5-7H2,1H3. The van der Waals surface area contributed by atoms with E-state index in [9.17, 15) is 23.3 Å². The highest BCUT2D eigenvalue weighted by Gasteiger charge is 2.27. The molecule has 106 valence electrons. The summed E-state index contributed by atoms with van der Waals surface area (Å²) in [5.74, 6) is 0.0145. The first-order valence-corrected chi connectivity index (χ1v) is 5.32. The second-order valence-electron chi connectivity index (χ2n) is 3.69. The quantitative estimate of drug-likeness (QED) is 0.456. The van der Waals surface area contributed by atoms with E-state index in [0.29, 0.717) is 5.56 Å². The molecule has 0 saturated heterocycles. The third kappa shape index (κ3) is 5.12. The average molecular weight is 279 g/mol. The average Bonchev–Trinajstić information content (AvgIpc) is 2.26. The van der Waals surface area contributed by atoms with Crippen LogP contribution in [0.25, 0.3) is 0 Å². The number of rotatable bonds is 6. The zero-order valence-electron chi connectivity index (χ0n) is 10.1. The van der Waals surface area contributed by atoms with Gasteiger partial charge in [0.25, 0.3) is 0 Å². The molecule has 0 atom stereocenters. The molecule has 5 nitrogen and oxygen atoms in total. The fraction of sp³-hybridized carbons (Fsp3) is 0.455. The summed E-state index contributed by atoms with van der Waals surface area (Å²) in [6.07, 6.45) is -4.39. The Morgan fingerprint density at radius 3 is 2.58 bits per heavy atom. The third-order valence-electron chi connectivity index (χ3n) is 2.13. The number of hydrogen-bond donors (Lipinski definition) is 0. The minimum Gasteiger partial charge on any atom is -0.484 e. The van der Waals surface area contributed by atoms with Gasteiger partial charge in [-0.15, -0.1) is 0 Å². The van der Waals surface area contributed by atoms with Crippen LogP contribution in [0.4, 0.5) is 18.9 Å². The van der Waals surface area contributed by atoms with Crippen LogP contribution in [0, 0.1) is 17.0 Å². The lowest BCUT2D eigenvalue weighted by atomic mass is 10.2. The number of para-hydroxylation sites is 1. The van der Waals surface area contributed by atoms with E-state index in [0.717, 1.165) is 0 Å². The fourth-order valence-electron chi connectivity index (χ4n) is 1.38. The van der Waals surface area contributed by atoms with Gasteiger partial charge in [0.2, 0.25) is 0 Å². The highest BCUT2D eigenvalue weighted by Crippen LogP contribution is 2.29. The topological polar surface area (TPSA) is 61.6 Å². The van der Waals surface area contributed by atoms with Gasteiger partial charge >= 0.3 is 11.9 Å². The molecule has 0 aromatic heterocycles. The largest absolute Gasteiger partial charge is 0.484 e. The molecule has 0 N–H and O–H groups in total. The summed E-state index contributed by atoms with van der Waals surface area (Å²) in [6, 6.07) is 4.49. The number of halogens is 3. The highest BCUT2D eigenvalue weighted by atomic mass is 19.4. The van der Waals surface area contributed by atoms with E-state index in [1.54, 1.807) is 19.1 Å². The van der Waals surface area contributed by atoms with Crippen LogP contribution in [0.2, 0.25) is 0 Å². The number of nitro groups is 1. The van der Waals surface area contributed by atoms with E-state index < -0.39 is 17.7 Å². The van der Waals surface area contributed by atoms with E-state index in [1.807, 2.05) is 0 Å². The van der Waals surface area contributed by atoms with Crippen molar-refractivity contribution in [2.24, 2.45) is 0 Å². The van der Waals surface area contributed by atoms with Gasteiger partial charge in [0.1, 0.15) is 13.2 Å². The van der Waals surface area contributed by atoms with Crippen molar-refractivity contribution in [3.8, 4) is 5.75 Å². The number of hydrogen-bond acceptors (Lipinski definition) is 4. The van der Waals surface area contributed by atoms with Crippen LogP contribution in [0.15, 0.2) is 18.2 Å². The SMILES string of the molecule is Cc1cccc(OCCOCC(F)(F)F)c1[N+](=O)[O-]. The van der Waals surface area contributed by atoms with Gasteiger partial charge in [-0.2, -0.15) is 13.2 Å². The fourth-order valence-corrected chi connectivity index (χ4v) is 1.38. The lowest BCUT2D eigenvalue weighted by molar-refractivity contribution is -0.386. The van der Waals surface area contributed by atoms with Crippen LogP contribution in [0.1, 0.15) is 5.56 Å². The maximum Gasteiger partial charge on any atom is 0.411 e. The monoisotopic (exact) mass is 279 g/mol. The predicted octanol–water partition coefficient (Wildman–Crippen LogP) is 2.86. The van der Waals surface area contributed by atoms with E-state index in [1.165, 1.54) is 6.07 Å². The number of aryl methyl sites for hydroxylation is 1. The van der Waals surface area contributed by atoms with Crippen molar-refractivity contribution >= 4 is 5.69 Å². The second-order valence-corrected chi connectivity index (χ2v) is 3.69. The van der Waals surface area contributed by atoms with Crippen LogP contribution in [-0.4, -0.2) is 30.9 Å². The van der Waals surface area contributed by atoms with Gasteiger partial charge in [-0.3, -0.25) is 10.1 Å². The summed E-state index contributed by atoms with van der Waals surface area (Å²) < 4.78 is 44.7. The smallest absolute Gasteiger partial charge is 0.411 e. The van der Waals surface area contributed by atoms with Crippen LogP contribution in [0.3, 0.4) is 0 Å². The normalized spacial score (nSPS) is 11.4. The summed E-state index contributed by atoms with van der Waals surface area (Å²) >= 11 is 0. The van der Waals surface area contributed by atoms with E-state index >= 15 is 0 Å². The highest BCUT2D eigenvalue weighted by molar-refractivity contribution is 5.51. The van der Waals surface area contributed by atoms with Gasteiger partial charge in [0, 0.05) is 5.56 Å². The number of ether oxygens (including phenoxy) is 2. The molecule has 1 aromatic rings. The van der Waals surface area contributed by atoms with Crippen LogP contribution in [0.5, 0.6) is 5.75 Å². The molecule has 0 aliphatic heterocycles. The molecule has 0 heterocycles. The molecule has 1 rings (SSSR count). The van der Waals surface area contributed by atoms with Crippen LogP contribution in [-0.2, 0) is 4.74 Å². The Labute approximate surface area is 107 Å². The van der Waals surface area contributed by atoms with Gasteiger partial charge in [0.15, 0.2) is 5.75 Å². The Morgan fingerprint density at radius 1 is 1.32 bits per heavy atom. The predicted molar refractivity (Wildman–Crippen MR) is 60.2 cm³/mol. The van der Waals surface area contributed by atoms with Crippen LogP contribution >= 0.6 is 0 Å². The lowest BCUT2D eigenvalue weighted by Crippen LogP contribution is -2.19. The number of nitrogens with zero attached hydrogens (tertiary/aromatic N) is 1. The van der Waals surface area contributed by atoms with Crippen molar-refractivity contribution in [1.29, 1.82) is 0 Å². The Bertz CT molecular complexity index is 448. The molecular weight excluding hydrogens is 267 g/mol. The molecule has 0 fully saturated rings. The van der Waals surface area contributed by atoms with E-state index in [-0.39, 0.29) is 24.7 Å². The van der Waals surface area contributed by atoms with Gasteiger partial charge in [-0.25, -0.2) is 0 Å². The lowest BCUT2D eigenvalue weighted by Gasteiger charge is -2.09. The first kappa shape index (κ1) is 15.2. The Morgan fingerprint density at radius 2 is 2.00 bits per heavy atom. The molecule has 0 amide bonds. The molecule has 0 aliphatic rings. The summed E-state index contributed by atoms with van der Waals surface area (Å²) in [5, 5.41) is 10.8. The van der Waals surface area contributed by atoms with Crippen molar-refractivity contribution in [1.82, 2.24) is 0 Å².